The molecule has 0 heterocycles. The molecule has 0 unspecified atom stereocenters. The van der Waals surface area contributed by atoms with Crippen LogP contribution in [0.3, 0.4) is 0 Å². The monoisotopic (exact) mass is 524 g/mol. The molecule has 0 spiro atoms. The molecule has 0 radical (unpaired) electrons. The summed E-state index contributed by atoms with van der Waals surface area (Å²) in [4.78, 5) is 4.78. The summed E-state index contributed by atoms with van der Waals surface area (Å²) in [6, 6.07) is 17.5. The SMILES string of the molecule is CCCCCCCN(C)CCOCc1cccc(-c2cccc(COCCN(C)CCCCCCC)c2)c1. The maximum absolute atomic E-state index is 6.01. The lowest BCUT2D eigenvalue weighted by Crippen LogP contribution is -2.24. The van der Waals surface area contributed by atoms with E-state index in [2.05, 4.69) is 86.3 Å². The van der Waals surface area contributed by atoms with Gasteiger partial charge in [-0.05, 0) is 74.4 Å². The number of ether oxygens (including phenoxy) is 2. The number of benzene rings is 2. The summed E-state index contributed by atoms with van der Waals surface area (Å²) < 4.78 is 12.0. The number of nitrogens with zero attached hydrogens (tertiary/aromatic N) is 2. The summed E-state index contributed by atoms with van der Waals surface area (Å²) in [5.74, 6) is 0. The van der Waals surface area contributed by atoms with Gasteiger partial charge in [0.05, 0.1) is 26.4 Å². The Bertz CT molecular complexity index is 771. The first kappa shape index (κ1) is 32.5. The minimum atomic E-state index is 0.660. The van der Waals surface area contributed by atoms with Gasteiger partial charge in [-0.3, -0.25) is 0 Å². The molecular weight excluding hydrogens is 468 g/mol. The van der Waals surface area contributed by atoms with Gasteiger partial charge in [0.1, 0.15) is 0 Å². The average Bonchev–Trinajstić information content (AvgIpc) is 2.93. The van der Waals surface area contributed by atoms with Gasteiger partial charge >= 0.3 is 0 Å². The zero-order valence-corrected chi connectivity index (χ0v) is 25.1. The van der Waals surface area contributed by atoms with E-state index < -0.39 is 0 Å². The minimum absolute atomic E-state index is 0.660. The lowest BCUT2D eigenvalue weighted by atomic mass is 10.0. The molecule has 38 heavy (non-hydrogen) atoms. The van der Waals surface area contributed by atoms with E-state index in [0.717, 1.165) is 26.3 Å². The first-order valence-electron chi connectivity index (χ1n) is 15.3. The highest BCUT2D eigenvalue weighted by atomic mass is 16.5. The van der Waals surface area contributed by atoms with Crippen LogP contribution in [0.5, 0.6) is 0 Å². The van der Waals surface area contributed by atoms with Crippen LogP contribution in [0.15, 0.2) is 48.5 Å². The molecule has 0 aliphatic heterocycles. The number of hydrogen-bond acceptors (Lipinski definition) is 4. The van der Waals surface area contributed by atoms with E-state index in [-0.39, 0.29) is 0 Å². The maximum atomic E-state index is 6.01. The van der Waals surface area contributed by atoms with Gasteiger partial charge < -0.3 is 19.3 Å². The van der Waals surface area contributed by atoms with Crippen LogP contribution in [0.4, 0.5) is 0 Å². The van der Waals surface area contributed by atoms with Gasteiger partial charge in [-0.2, -0.15) is 0 Å². The normalized spacial score (nSPS) is 11.6. The fourth-order valence-corrected chi connectivity index (χ4v) is 4.70. The second kappa shape index (κ2) is 21.1. The van der Waals surface area contributed by atoms with Crippen molar-refractivity contribution < 1.29 is 9.47 Å². The molecule has 0 bridgehead atoms. The number of hydrogen-bond donors (Lipinski definition) is 0. The van der Waals surface area contributed by atoms with Crippen LogP contribution in [-0.4, -0.2) is 63.3 Å². The predicted octanol–water partition coefficient (Wildman–Crippen LogP) is 8.19. The molecule has 0 saturated carbocycles. The molecule has 4 nitrogen and oxygen atoms in total. The van der Waals surface area contributed by atoms with Gasteiger partial charge in [0.25, 0.3) is 0 Å². The molecule has 2 rings (SSSR count). The smallest absolute Gasteiger partial charge is 0.0717 e. The van der Waals surface area contributed by atoms with Crippen molar-refractivity contribution in [2.45, 2.75) is 91.3 Å². The van der Waals surface area contributed by atoms with Crippen molar-refractivity contribution in [3.05, 3.63) is 59.7 Å². The Morgan fingerprint density at radius 3 is 1.37 bits per heavy atom. The number of unbranched alkanes of at least 4 members (excludes halogenated alkanes) is 8. The second-order valence-corrected chi connectivity index (χ2v) is 10.9. The van der Waals surface area contributed by atoms with Crippen molar-refractivity contribution >= 4 is 0 Å². The molecule has 2 aromatic carbocycles. The van der Waals surface area contributed by atoms with E-state index in [0.29, 0.717) is 13.2 Å². The van der Waals surface area contributed by atoms with E-state index >= 15 is 0 Å². The molecule has 0 aliphatic rings. The van der Waals surface area contributed by atoms with E-state index in [1.165, 1.54) is 99.6 Å². The molecule has 0 atom stereocenters. The summed E-state index contributed by atoms with van der Waals surface area (Å²) in [6.07, 6.45) is 13.3. The van der Waals surface area contributed by atoms with Crippen LogP contribution in [0.1, 0.15) is 89.2 Å². The highest BCUT2D eigenvalue weighted by Crippen LogP contribution is 2.22. The topological polar surface area (TPSA) is 24.9 Å². The maximum Gasteiger partial charge on any atom is 0.0717 e. The van der Waals surface area contributed by atoms with Crippen LogP contribution in [-0.2, 0) is 22.7 Å². The first-order chi connectivity index (χ1) is 18.6. The van der Waals surface area contributed by atoms with Crippen LogP contribution in [0.2, 0.25) is 0 Å². The molecule has 0 N–H and O–H groups in total. The Balaban J connectivity index is 1.68. The third-order valence-corrected chi connectivity index (χ3v) is 7.25. The number of likely N-dealkylation sites (N-methyl/N-ethyl adjacent to an activating group) is 2. The van der Waals surface area contributed by atoms with Crippen LogP contribution in [0.25, 0.3) is 11.1 Å². The Morgan fingerprint density at radius 1 is 0.526 bits per heavy atom. The van der Waals surface area contributed by atoms with Crippen LogP contribution >= 0.6 is 0 Å². The first-order valence-corrected chi connectivity index (χ1v) is 15.3. The van der Waals surface area contributed by atoms with Gasteiger partial charge in [-0.15, -0.1) is 0 Å². The van der Waals surface area contributed by atoms with E-state index in [9.17, 15) is 0 Å². The molecule has 0 amide bonds. The van der Waals surface area contributed by atoms with Gasteiger partial charge in [0, 0.05) is 13.1 Å². The van der Waals surface area contributed by atoms with Crippen molar-refractivity contribution in [2.24, 2.45) is 0 Å². The van der Waals surface area contributed by atoms with Crippen LogP contribution < -0.4 is 0 Å². The highest BCUT2D eigenvalue weighted by molar-refractivity contribution is 5.64. The van der Waals surface area contributed by atoms with Crippen molar-refractivity contribution in [3.8, 4) is 11.1 Å². The summed E-state index contributed by atoms with van der Waals surface area (Å²) >= 11 is 0. The van der Waals surface area contributed by atoms with Gasteiger partial charge in [0.15, 0.2) is 0 Å². The van der Waals surface area contributed by atoms with E-state index in [4.69, 9.17) is 9.47 Å². The zero-order chi connectivity index (χ0) is 27.3. The Labute approximate surface area is 234 Å². The largest absolute Gasteiger partial charge is 0.375 e. The molecule has 0 saturated heterocycles. The summed E-state index contributed by atoms with van der Waals surface area (Å²) in [5.41, 5.74) is 4.92. The quantitative estimate of drug-likeness (QED) is 0.137. The van der Waals surface area contributed by atoms with Crippen LogP contribution in [0, 0.1) is 0 Å². The third kappa shape index (κ3) is 15.0. The highest BCUT2D eigenvalue weighted by Gasteiger charge is 2.04. The average molecular weight is 525 g/mol. The standard InChI is InChI=1S/C34H56N2O2/c1-5-7-9-11-13-21-35(3)23-25-37-29-31-17-15-19-33(27-31)34-20-16-18-32(28-34)30-38-26-24-36(4)22-14-12-10-8-6-2/h15-20,27-28H,5-14,21-26,29-30H2,1-4H3. The van der Waals surface area contributed by atoms with Gasteiger partial charge in [0.2, 0.25) is 0 Å². The van der Waals surface area contributed by atoms with E-state index in [1.807, 2.05) is 0 Å². The van der Waals surface area contributed by atoms with E-state index in [1.54, 1.807) is 0 Å². The Morgan fingerprint density at radius 2 is 0.947 bits per heavy atom. The molecule has 2 aromatic rings. The summed E-state index contributed by atoms with van der Waals surface area (Å²) in [6.45, 7) is 11.7. The Hall–Kier alpha value is -1.72. The lowest BCUT2D eigenvalue weighted by molar-refractivity contribution is 0.0991. The van der Waals surface area contributed by atoms with Crippen molar-refractivity contribution in [1.29, 1.82) is 0 Å². The Kier molecular flexibility index (Phi) is 18.1. The molecule has 214 valence electrons. The molecular formula is C34H56N2O2. The second-order valence-electron chi connectivity index (χ2n) is 10.9. The molecule has 4 heteroatoms. The number of rotatable bonds is 23. The predicted molar refractivity (Wildman–Crippen MR) is 164 cm³/mol. The third-order valence-electron chi connectivity index (χ3n) is 7.25. The molecule has 0 aromatic heterocycles. The zero-order valence-electron chi connectivity index (χ0n) is 25.1. The van der Waals surface area contributed by atoms with Crippen molar-refractivity contribution in [3.63, 3.8) is 0 Å². The van der Waals surface area contributed by atoms with Crippen molar-refractivity contribution in [2.75, 3.05) is 53.5 Å². The fraction of sp³-hybridized carbons (Fsp3) is 0.647. The lowest BCUT2D eigenvalue weighted by Gasteiger charge is -2.17. The van der Waals surface area contributed by atoms with Gasteiger partial charge in [-0.25, -0.2) is 0 Å². The molecule has 0 aliphatic carbocycles. The summed E-state index contributed by atoms with van der Waals surface area (Å²) in [5, 5.41) is 0. The fourth-order valence-electron chi connectivity index (χ4n) is 4.70. The summed E-state index contributed by atoms with van der Waals surface area (Å²) in [7, 11) is 4.41. The van der Waals surface area contributed by atoms with Gasteiger partial charge in [-0.1, -0.05) is 102 Å². The minimum Gasteiger partial charge on any atom is -0.375 e. The van der Waals surface area contributed by atoms with Crippen molar-refractivity contribution in [1.82, 2.24) is 9.80 Å². The molecule has 0 fully saturated rings.